The highest BCUT2D eigenvalue weighted by molar-refractivity contribution is 6.29. The molecule has 1 aromatic carbocycles. The van der Waals surface area contributed by atoms with Crippen molar-refractivity contribution in [2.75, 3.05) is 23.9 Å². The van der Waals surface area contributed by atoms with Gasteiger partial charge in [-0.1, -0.05) is 29.8 Å². The SMILES string of the molecule is COC(=O)c1nc(Cl)ccc1N[C@H](C)c1cc(C)cc(N2C(=O)OC[C@@H]2Cc2c[nH]c3ccccc23)n1. The van der Waals surface area contributed by atoms with Gasteiger partial charge >= 0.3 is 12.1 Å². The Balaban J connectivity index is 1.42. The lowest BCUT2D eigenvalue weighted by Gasteiger charge is -2.23. The van der Waals surface area contributed by atoms with Gasteiger partial charge in [0.15, 0.2) is 5.69 Å². The van der Waals surface area contributed by atoms with Crippen LogP contribution in [0.5, 0.6) is 0 Å². The van der Waals surface area contributed by atoms with E-state index in [9.17, 15) is 9.59 Å². The number of methoxy groups -OCH3 is 1. The summed E-state index contributed by atoms with van der Waals surface area (Å²) in [5.74, 6) is -0.0894. The standard InChI is InChI=1S/C27H26ClN5O4/c1-15-10-22(16(2)30-21-8-9-23(28)32-25(21)26(34)36-3)31-24(11-15)33-18(14-37-27(33)35)12-17-13-29-20-7-5-4-6-19(17)20/h4-11,13,16,18,29-30H,12,14H2,1-3H3/t16-,18+/m1/s1. The van der Waals surface area contributed by atoms with E-state index in [0.29, 0.717) is 23.6 Å². The molecule has 190 valence electrons. The van der Waals surface area contributed by atoms with Gasteiger partial charge in [0, 0.05) is 17.1 Å². The average Bonchev–Trinajstić information content (AvgIpc) is 3.47. The first-order valence-electron chi connectivity index (χ1n) is 11.8. The fourth-order valence-electron chi connectivity index (χ4n) is 4.58. The second kappa shape index (κ2) is 10.1. The third kappa shape index (κ3) is 4.95. The molecule has 1 fully saturated rings. The number of fused-ring (bicyclic) bond motifs is 1. The van der Waals surface area contributed by atoms with Crippen LogP contribution in [0.25, 0.3) is 10.9 Å². The maximum atomic E-state index is 12.8. The van der Waals surface area contributed by atoms with Gasteiger partial charge in [-0.3, -0.25) is 4.90 Å². The van der Waals surface area contributed by atoms with Crippen molar-refractivity contribution in [3.8, 4) is 0 Å². The van der Waals surface area contributed by atoms with E-state index >= 15 is 0 Å². The smallest absolute Gasteiger partial charge is 0.415 e. The number of para-hydroxylation sites is 1. The Bertz CT molecular complexity index is 1490. The molecule has 0 spiro atoms. The summed E-state index contributed by atoms with van der Waals surface area (Å²) in [6.45, 7) is 4.13. The highest BCUT2D eigenvalue weighted by atomic mass is 35.5. The summed E-state index contributed by atoms with van der Waals surface area (Å²) in [5.41, 5.74) is 4.32. The summed E-state index contributed by atoms with van der Waals surface area (Å²) in [6, 6.07) is 14.6. The number of aryl methyl sites for hydroxylation is 1. The zero-order chi connectivity index (χ0) is 26.1. The third-order valence-corrected chi connectivity index (χ3v) is 6.58. The number of amides is 1. The molecule has 0 unspecified atom stereocenters. The minimum atomic E-state index is -0.602. The minimum absolute atomic E-state index is 0.0802. The highest BCUT2D eigenvalue weighted by Crippen LogP contribution is 2.30. The second-order valence-corrected chi connectivity index (χ2v) is 9.37. The van der Waals surface area contributed by atoms with Gasteiger partial charge in [-0.25, -0.2) is 19.6 Å². The molecule has 37 heavy (non-hydrogen) atoms. The lowest BCUT2D eigenvalue weighted by molar-refractivity contribution is 0.0595. The van der Waals surface area contributed by atoms with Crippen LogP contribution in [-0.4, -0.2) is 46.8 Å². The maximum absolute atomic E-state index is 12.8. The van der Waals surface area contributed by atoms with Crippen LogP contribution in [0.1, 0.15) is 40.3 Å². The summed E-state index contributed by atoms with van der Waals surface area (Å²) in [5, 5.41) is 4.57. The number of nitrogens with one attached hydrogen (secondary N) is 2. The lowest BCUT2D eigenvalue weighted by atomic mass is 10.0. The second-order valence-electron chi connectivity index (χ2n) is 8.98. The predicted octanol–water partition coefficient (Wildman–Crippen LogP) is 5.45. The molecule has 0 bridgehead atoms. The van der Waals surface area contributed by atoms with Crippen molar-refractivity contribution in [1.29, 1.82) is 0 Å². The number of hydrogen-bond donors (Lipinski definition) is 2. The monoisotopic (exact) mass is 519 g/mol. The molecule has 4 heterocycles. The number of esters is 1. The first-order chi connectivity index (χ1) is 17.8. The highest BCUT2D eigenvalue weighted by Gasteiger charge is 2.36. The van der Waals surface area contributed by atoms with Crippen molar-refractivity contribution in [2.24, 2.45) is 0 Å². The number of rotatable bonds is 7. The van der Waals surface area contributed by atoms with E-state index in [-0.39, 0.29) is 29.5 Å². The van der Waals surface area contributed by atoms with Gasteiger partial charge in [0.2, 0.25) is 0 Å². The van der Waals surface area contributed by atoms with E-state index in [1.807, 2.05) is 50.4 Å². The van der Waals surface area contributed by atoms with Crippen LogP contribution in [-0.2, 0) is 15.9 Å². The van der Waals surface area contributed by atoms with Crippen LogP contribution in [0.3, 0.4) is 0 Å². The van der Waals surface area contributed by atoms with E-state index in [1.165, 1.54) is 7.11 Å². The summed E-state index contributed by atoms with van der Waals surface area (Å²) in [7, 11) is 1.29. The molecule has 1 amide bonds. The van der Waals surface area contributed by atoms with Gasteiger partial charge in [0.25, 0.3) is 0 Å². The van der Waals surface area contributed by atoms with Crippen molar-refractivity contribution in [3.05, 3.63) is 82.4 Å². The minimum Gasteiger partial charge on any atom is -0.464 e. The first kappa shape index (κ1) is 24.6. The van der Waals surface area contributed by atoms with Gasteiger partial charge in [-0.05, 0) is 61.7 Å². The number of ether oxygens (including phenoxy) is 2. The van der Waals surface area contributed by atoms with E-state index in [1.54, 1.807) is 17.0 Å². The number of H-pyrrole nitrogens is 1. The van der Waals surface area contributed by atoms with Crippen LogP contribution in [0.2, 0.25) is 5.15 Å². The Morgan fingerprint density at radius 1 is 1.27 bits per heavy atom. The summed E-state index contributed by atoms with van der Waals surface area (Å²) >= 11 is 5.99. The largest absolute Gasteiger partial charge is 0.464 e. The average molecular weight is 520 g/mol. The molecule has 2 N–H and O–H groups in total. The van der Waals surface area contributed by atoms with E-state index in [4.69, 9.17) is 26.1 Å². The molecule has 3 aromatic heterocycles. The fraction of sp³-hybridized carbons (Fsp3) is 0.259. The number of anilines is 2. The zero-order valence-corrected chi connectivity index (χ0v) is 21.4. The van der Waals surface area contributed by atoms with Crippen LogP contribution in [0, 0.1) is 6.92 Å². The number of carbonyl (C=O) groups is 2. The Kier molecular flexibility index (Phi) is 6.71. The van der Waals surface area contributed by atoms with E-state index in [0.717, 1.165) is 22.0 Å². The molecule has 1 saturated heterocycles. The molecule has 5 rings (SSSR count). The summed E-state index contributed by atoms with van der Waals surface area (Å²) < 4.78 is 10.3. The molecule has 4 aromatic rings. The topological polar surface area (TPSA) is 109 Å². The van der Waals surface area contributed by atoms with Crippen LogP contribution < -0.4 is 10.2 Å². The van der Waals surface area contributed by atoms with Gasteiger partial charge in [0.05, 0.1) is 30.6 Å². The molecule has 0 radical (unpaired) electrons. The number of cyclic esters (lactones) is 1. The normalized spacial score (nSPS) is 16.1. The first-order valence-corrected chi connectivity index (χ1v) is 12.2. The Hall–Kier alpha value is -4.11. The number of halogens is 1. The van der Waals surface area contributed by atoms with Gasteiger partial charge in [-0.2, -0.15) is 0 Å². The number of hydrogen-bond acceptors (Lipinski definition) is 7. The fourth-order valence-corrected chi connectivity index (χ4v) is 4.73. The number of benzene rings is 1. The summed E-state index contributed by atoms with van der Waals surface area (Å²) in [4.78, 5) is 38.8. The number of carbonyl (C=O) groups excluding carboxylic acids is 2. The van der Waals surface area contributed by atoms with Crippen LogP contribution in [0.4, 0.5) is 16.3 Å². The molecular weight excluding hydrogens is 494 g/mol. The number of aromatic nitrogens is 3. The molecule has 1 aliphatic heterocycles. The summed E-state index contributed by atoms with van der Waals surface area (Å²) in [6.07, 6.45) is 2.17. The van der Waals surface area contributed by atoms with Gasteiger partial charge < -0.3 is 19.8 Å². The molecule has 2 atom stereocenters. The zero-order valence-electron chi connectivity index (χ0n) is 20.6. The molecule has 10 heteroatoms. The molecule has 1 aliphatic rings. The molecule has 9 nitrogen and oxygen atoms in total. The van der Waals surface area contributed by atoms with Crippen molar-refractivity contribution in [1.82, 2.24) is 15.0 Å². The van der Waals surface area contributed by atoms with Gasteiger partial charge in [-0.15, -0.1) is 0 Å². The van der Waals surface area contributed by atoms with Gasteiger partial charge in [0.1, 0.15) is 17.6 Å². The molecule has 0 aliphatic carbocycles. The van der Waals surface area contributed by atoms with Crippen LogP contribution >= 0.6 is 11.6 Å². The van der Waals surface area contributed by atoms with Crippen molar-refractivity contribution in [2.45, 2.75) is 32.4 Å². The van der Waals surface area contributed by atoms with Crippen molar-refractivity contribution < 1.29 is 19.1 Å². The number of pyridine rings is 2. The van der Waals surface area contributed by atoms with Crippen molar-refractivity contribution in [3.63, 3.8) is 0 Å². The quantitative estimate of drug-likeness (QED) is 0.247. The van der Waals surface area contributed by atoms with Crippen molar-refractivity contribution >= 4 is 46.1 Å². The van der Waals surface area contributed by atoms with E-state index < -0.39 is 12.1 Å². The Morgan fingerprint density at radius 3 is 2.89 bits per heavy atom. The maximum Gasteiger partial charge on any atom is 0.415 e. The number of aromatic amines is 1. The van der Waals surface area contributed by atoms with Crippen LogP contribution in [0.15, 0.2) is 54.7 Å². The lowest BCUT2D eigenvalue weighted by Crippen LogP contribution is -2.36. The van der Waals surface area contributed by atoms with E-state index in [2.05, 4.69) is 21.4 Å². The number of nitrogens with zero attached hydrogens (tertiary/aromatic N) is 3. The predicted molar refractivity (Wildman–Crippen MR) is 141 cm³/mol. The Morgan fingerprint density at radius 2 is 2.08 bits per heavy atom. The third-order valence-electron chi connectivity index (χ3n) is 6.37. The Labute approximate surface area is 218 Å². The molecule has 0 saturated carbocycles. The molecular formula is C27H26ClN5O4.